The third-order valence-corrected chi connectivity index (χ3v) is 3.11. The molecule has 1 aromatic carbocycles. The average molecular weight is 255 g/mol. The van der Waals surface area contributed by atoms with Gasteiger partial charge in [0.25, 0.3) is 0 Å². The molecule has 0 aliphatic heterocycles. The summed E-state index contributed by atoms with van der Waals surface area (Å²) < 4.78 is 5.21. The fourth-order valence-corrected chi connectivity index (χ4v) is 1.93. The molecular formula is C13H15ClO3. The van der Waals surface area contributed by atoms with Gasteiger partial charge >= 0.3 is 0 Å². The molecule has 0 atom stereocenters. The number of carbonyl (C=O) groups is 2. The minimum atomic E-state index is -0.581. The molecule has 0 fully saturated rings. The number of benzene rings is 1. The molecule has 0 aromatic heterocycles. The summed E-state index contributed by atoms with van der Waals surface area (Å²) in [7, 11) is 1.58. The van der Waals surface area contributed by atoms with E-state index in [4.69, 9.17) is 16.3 Å². The zero-order valence-electron chi connectivity index (χ0n) is 10.4. The van der Waals surface area contributed by atoms with Crippen LogP contribution in [-0.4, -0.2) is 24.6 Å². The van der Waals surface area contributed by atoms with Crippen LogP contribution in [0.2, 0.25) is 0 Å². The van der Waals surface area contributed by atoms with Gasteiger partial charge in [-0.1, -0.05) is 0 Å². The number of Topliss-reactive ketones (excluding diaryl/α,β-unsaturated/α-hetero) is 2. The highest BCUT2D eigenvalue weighted by atomic mass is 35.5. The highest BCUT2D eigenvalue weighted by molar-refractivity contribution is 6.51. The first-order valence-electron chi connectivity index (χ1n) is 5.22. The van der Waals surface area contributed by atoms with Crippen molar-refractivity contribution in [2.45, 2.75) is 20.8 Å². The highest BCUT2D eigenvalue weighted by Crippen LogP contribution is 2.27. The summed E-state index contributed by atoms with van der Waals surface area (Å²) in [4.78, 5) is 23.3. The van der Waals surface area contributed by atoms with Crippen LogP contribution in [0.15, 0.2) is 6.07 Å². The van der Waals surface area contributed by atoms with Crippen LogP contribution in [0.4, 0.5) is 0 Å². The summed E-state index contributed by atoms with van der Waals surface area (Å²) >= 11 is 5.40. The molecule has 3 nitrogen and oxygen atoms in total. The van der Waals surface area contributed by atoms with E-state index in [1.165, 1.54) is 0 Å². The number of rotatable bonds is 4. The molecule has 92 valence electrons. The van der Waals surface area contributed by atoms with E-state index in [1.54, 1.807) is 27.0 Å². The van der Waals surface area contributed by atoms with Crippen LogP contribution in [-0.2, 0) is 4.79 Å². The Morgan fingerprint density at radius 2 is 1.82 bits per heavy atom. The summed E-state index contributed by atoms with van der Waals surface area (Å²) in [5, 5.41) is 0. The Hall–Kier alpha value is -1.35. The molecule has 0 saturated carbocycles. The summed E-state index contributed by atoms with van der Waals surface area (Å²) in [6, 6.07) is 1.76. The van der Waals surface area contributed by atoms with Crippen molar-refractivity contribution in [3.63, 3.8) is 0 Å². The van der Waals surface area contributed by atoms with Gasteiger partial charge in [-0.05, 0) is 43.5 Å². The van der Waals surface area contributed by atoms with E-state index < -0.39 is 11.6 Å². The lowest BCUT2D eigenvalue weighted by Crippen LogP contribution is -2.18. The fourth-order valence-electron chi connectivity index (χ4n) is 1.81. The van der Waals surface area contributed by atoms with Gasteiger partial charge in [-0.25, -0.2) is 0 Å². The van der Waals surface area contributed by atoms with Crippen molar-refractivity contribution in [2.75, 3.05) is 13.0 Å². The number of alkyl halides is 1. The molecule has 0 aliphatic rings. The van der Waals surface area contributed by atoms with Gasteiger partial charge in [-0.15, -0.1) is 11.6 Å². The van der Waals surface area contributed by atoms with Gasteiger partial charge in [0.1, 0.15) is 5.75 Å². The molecule has 0 N–H and O–H groups in total. The fraction of sp³-hybridized carbons (Fsp3) is 0.385. The van der Waals surface area contributed by atoms with E-state index in [2.05, 4.69) is 0 Å². The molecule has 0 heterocycles. The molecule has 0 aliphatic carbocycles. The highest BCUT2D eigenvalue weighted by Gasteiger charge is 2.21. The second-order valence-electron chi connectivity index (χ2n) is 3.91. The number of halogens is 1. The minimum Gasteiger partial charge on any atom is -0.496 e. The van der Waals surface area contributed by atoms with Crippen LogP contribution >= 0.6 is 11.6 Å². The second-order valence-corrected chi connectivity index (χ2v) is 4.17. The summed E-state index contributed by atoms with van der Waals surface area (Å²) in [5.41, 5.74) is 2.80. The number of aryl methyl sites for hydroxylation is 1. The molecule has 1 aromatic rings. The third kappa shape index (κ3) is 2.50. The lowest BCUT2D eigenvalue weighted by atomic mass is 9.93. The molecule has 0 radical (unpaired) electrons. The maximum atomic E-state index is 11.9. The normalized spacial score (nSPS) is 10.2. The average Bonchev–Trinajstić information content (AvgIpc) is 2.32. The van der Waals surface area contributed by atoms with Gasteiger partial charge in [0.15, 0.2) is 0 Å². The van der Waals surface area contributed by atoms with Crippen molar-refractivity contribution in [1.29, 1.82) is 0 Å². The predicted molar refractivity (Wildman–Crippen MR) is 67.3 cm³/mol. The van der Waals surface area contributed by atoms with E-state index >= 15 is 0 Å². The van der Waals surface area contributed by atoms with Crippen molar-refractivity contribution >= 4 is 23.2 Å². The van der Waals surface area contributed by atoms with Gasteiger partial charge in [-0.2, -0.15) is 0 Å². The smallest absolute Gasteiger partial charge is 0.230 e. The molecular weight excluding hydrogens is 240 g/mol. The van der Waals surface area contributed by atoms with Crippen LogP contribution in [0.3, 0.4) is 0 Å². The summed E-state index contributed by atoms with van der Waals surface area (Å²) in [6.45, 7) is 5.44. The quantitative estimate of drug-likeness (QED) is 0.471. The standard InChI is InChI=1S/C13H15ClO3/c1-7-5-11(17-4)8(2)9(3)12(7)13(16)10(15)6-14/h5H,6H2,1-4H3. The Morgan fingerprint density at radius 3 is 2.29 bits per heavy atom. The summed E-state index contributed by atoms with van der Waals surface area (Å²) in [6.07, 6.45) is 0. The third-order valence-electron chi connectivity index (χ3n) is 2.87. The maximum Gasteiger partial charge on any atom is 0.230 e. The number of carbonyl (C=O) groups excluding carboxylic acids is 2. The number of hydrogen-bond donors (Lipinski definition) is 0. The van der Waals surface area contributed by atoms with Gasteiger partial charge < -0.3 is 4.74 Å². The lowest BCUT2D eigenvalue weighted by Gasteiger charge is -2.14. The van der Waals surface area contributed by atoms with Crippen LogP contribution < -0.4 is 4.74 Å². The Kier molecular flexibility index (Phi) is 4.29. The number of ether oxygens (including phenoxy) is 1. The molecule has 4 heteroatoms. The first-order valence-corrected chi connectivity index (χ1v) is 5.75. The van der Waals surface area contributed by atoms with Gasteiger partial charge in [0.2, 0.25) is 11.6 Å². The van der Waals surface area contributed by atoms with Crippen LogP contribution in [0, 0.1) is 20.8 Å². The zero-order valence-corrected chi connectivity index (χ0v) is 11.1. The number of ketones is 2. The summed E-state index contributed by atoms with van der Waals surface area (Å²) in [5.74, 6) is -0.680. The van der Waals surface area contributed by atoms with Crippen LogP contribution in [0.25, 0.3) is 0 Å². The maximum absolute atomic E-state index is 11.9. The predicted octanol–water partition coefficient (Wildman–Crippen LogP) is 2.61. The zero-order chi connectivity index (χ0) is 13.2. The SMILES string of the molecule is COc1cc(C)c(C(=O)C(=O)CCl)c(C)c1C. The Balaban J connectivity index is 3.40. The van der Waals surface area contributed by atoms with Crippen molar-refractivity contribution in [1.82, 2.24) is 0 Å². The van der Waals surface area contributed by atoms with E-state index in [0.29, 0.717) is 5.56 Å². The molecule has 0 unspecified atom stereocenters. The minimum absolute atomic E-state index is 0.289. The lowest BCUT2D eigenvalue weighted by molar-refractivity contribution is -0.112. The first-order chi connectivity index (χ1) is 7.93. The Labute approximate surface area is 106 Å². The van der Waals surface area contributed by atoms with E-state index in [1.807, 2.05) is 6.92 Å². The number of methoxy groups -OCH3 is 1. The van der Waals surface area contributed by atoms with Crippen LogP contribution in [0.5, 0.6) is 5.75 Å². The molecule has 0 bridgehead atoms. The van der Waals surface area contributed by atoms with Gasteiger partial charge in [0.05, 0.1) is 13.0 Å². The molecule has 0 spiro atoms. The van der Waals surface area contributed by atoms with Crippen molar-refractivity contribution in [2.24, 2.45) is 0 Å². The second kappa shape index (κ2) is 5.32. The van der Waals surface area contributed by atoms with Gasteiger partial charge in [-0.3, -0.25) is 9.59 Å². The topological polar surface area (TPSA) is 43.4 Å². The van der Waals surface area contributed by atoms with Gasteiger partial charge in [0, 0.05) is 5.56 Å². The Bertz CT molecular complexity index is 478. The van der Waals surface area contributed by atoms with Crippen molar-refractivity contribution in [3.05, 3.63) is 28.3 Å². The van der Waals surface area contributed by atoms with E-state index in [0.717, 1.165) is 22.4 Å². The van der Waals surface area contributed by atoms with Crippen molar-refractivity contribution < 1.29 is 14.3 Å². The number of hydrogen-bond acceptors (Lipinski definition) is 3. The molecule has 1 rings (SSSR count). The van der Waals surface area contributed by atoms with Crippen LogP contribution in [0.1, 0.15) is 27.0 Å². The first kappa shape index (κ1) is 13.7. The largest absolute Gasteiger partial charge is 0.496 e. The molecule has 17 heavy (non-hydrogen) atoms. The van der Waals surface area contributed by atoms with Crippen molar-refractivity contribution in [3.8, 4) is 5.75 Å². The van der Waals surface area contributed by atoms with E-state index in [9.17, 15) is 9.59 Å². The Morgan fingerprint density at radius 1 is 1.24 bits per heavy atom. The monoisotopic (exact) mass is 254 g/mol. The molecule has 0 saturated heterocycles. The molecule has 0 amide bonds. The van der Waals surface area contributed by atoms with E-state index in [-0.39, 0.29) is 5.88 Å².